The van der Waals surface area contributed by atoms with Gasteiger partial charge >= 0.3 is 11.8 Å². The predicted octanol–water partition coefficient (Wildman–Crippen LogP) is 1.24. The molecular formula is C14H23N3O2S. The van der Waals surface area contributed by atoms with Crippen molar-refractivity contribution >= 4 is 23.2 Å². The molecule has 0 aromatic carbocycles. The number of carbonyl (C=O) groups is 2. The molecule has 0 aliphatic rings. The van der Waals surface area contributed by atoms with Crippen LogP contribution >= 0.6 is 11.3 Å². The number of amides is 2. The minimum absolute atomic E-state index is 0.0723. The molecule has 1 heterocycles. The summed E-state index contributed by atoms with van der Waals surface area (Å²) < 4.78 is 0. The van der Waals surface area contributed by atoms with E-state index in [-0.39, 0.29) is 6.04 Å². The molecule has 0 aliphatic heterocycles. The highest BCUT2D eigenvalue weighted by molar-refractivity contribution is 7.07. The predicted molar refractivity (Wildman–Crippen MR) is 81.6 cm³/mol. The van der Waals surface area contributed by atoms with Crippen molar-refractivity contribution in [3.63, 3.8) is 0 Å². The lowest BCUT2D eigenvalue weighted by molar-refractivity contribution is -0.139. The average molecular weight is 297 g/mol. The molecule has 0 bridgehead atoms. The maximum Gasteiger partial charge on any atom is 0.309 e. The van der Waals surface area contributed by atoms with Gasteiger partial charge in [0.15, 0.2) is 0 Å². The summed E-state index contributed by atoms with van der Waals surface area (Å²) in [6.45, 7) is 4.89. The summed E-state index contributed by atoms with van der Waals surface area (Å²) in [5.74, 6) is -0.818. The Morgan fingerprint density at radius 2 is 1.80 bits per heavy atom. The van der Waals surface area contributed by atoms with Crippen LogP contribution in [0.4, 0.5) is 0 Å². The maximum atomic E-state index is 11.7. The first-order valence-corrected chi connectivity index (χ1v) is 7.60. The van der Waals surface area contributed by atoms with Crippen LogP contribution in [0.15, 0.2) is 16.8 Å². The van der Waals surface area contributed by atoms with E-state index >= 15 is 0 Å². The zero-order chi connectivity index (χ0) is 15.1. The van der Waals surface area contributed by atoms with E-state index in [9.17, 15) is 9.59 Å². The fourth-order valence-electron chi connectivity index (χ4n) is 1.71. The normalized spacial score (nSPS) is 12.5. The van der Waals surface area contributed by atoms with Crippen LogP contribution in [0.5, 0.6) is 0 Å². The highest BCUT2D eigenvalue weighted by atomic mass is 32.1. The van der Waals surface area contributed by atoms with Crippen LogP contribution in [-0.4, -0.2) is 43.9 Å². The van der Waals surface area contributed by atoms with Crippen LogP contribution in [-0.2, 0) is 9.59 Å². The van der Waals surface area contributed by atoms with E-state index in [0.29, 0.717) is 19.0 Å². The minimum atomic E-state index is -0.576. The molecule has 2 N–H and O–H groups in total. The van der Waals surface area contributed by atoms with Gasteiger partial charge in [0.2, 0.25) is 0 Å². The summed E-state index contributed by atoms with van der Waals surface area (Å²) in [6, 6.07) is 2.10. The minimum Gasteiger partial charge on any atom is -0.348 e. The number of nitrogens with one attached hydrogen (secondary N) is 2. The molecule has 0 saturated carbocycles. The summed E-state index contributed by atoms with van der Waals surface area (Å²) in [6.07, 6.45) is 0. The van der Waals surface area contributed by atoms with Crippen LogP contribution in [0.2, 0.25) is 0 Å². The monoisotopic (exact) mass is 297 g/mol. The molecule has 1 atom stereocenters. The molecule has 20 heavy (non-hydrogen) atoms. The lowest BCUT2D eigenvalue weighted by Crippen LogP contribution is -2.43. The summed E-state index contributed by atoms with van der Waals surface area (Å²) in [5.41, 5.74) is 1.14. The topological polar surface area (TPSA) is 61.4 Å². The van der Waals surface area contributed by atoms with E-state index in [4.69, 9.17) is 0 Å². The molecule has 0 radical (unpaired) electrons. The van der Waals surface area contributed by atoms with Crippen molar-refractivity contribution in [2.75, 3.05) is 27.2 Å². The Morgan fingerprint density at radius 3 is 2.25 bits per heavy atom. The first-order valence-electron chi connectivity index (χ1n) is 6.66. The van der Waals surface area contributed by atoms with Gasteiger partial charge in [0.25, 0.3) is 0 Å². The van der Waals surface area contributed by atoms with Crippen LogP contribution < -0.4 is 10.6 Å². The number of nitrogens with zero attached hydrogens (tertiary/aromatic N) is 1. The van der Waals surface area contributed by atoms with Gasteiger partial charge in [0.05, 0.1) is 6.04 Å². The summed E-state index contributed by atoms with van der Waals surface area (Å²) in [5, 5.41) is 9.35. The lowest BCUT2D eigenvalue weighted by atomic mass is 10.1. The number of thiophene rings is 1. The van der Waals surface area contributed by atoms with Gasteiger partial charge < -0.3 is 15.5 Å². The van der Waals surface area contributed by atoms with Crippen molar-refractivity contribution in [2.45, 2.75) is 19.9 Å². The number of hydrogen-bond acceptors (Lipinski definition) is 4. The molecule has 2 amide bonds. The third kappa shape index (κ3) is 5.30. The number of hydrogen-bond donors (Lipinski definition) is 2. The van der Waals surface area contributed by atoms with Gasteiger partial charge in [0.1, 0.15) is 0 Å². The maximum absolute atomic E-state index is 11.7. The van der Waals surface area contributed by atoms with E-state index in [1.807, 2.05) is 44.3 Å². The Balaban J connectivity index is 2.47. The largest absolute Gasteiger partial charge is 0.348 e. The van der Waals surface area contributed by atoms with Crippen LogP contribution in [0.3, 0.4) is 0 Å². The van der Waals surface area contributed by atoms with E-state index in [0.717, 1.165) is 5.56 Å². The summed E-state index contributed by atoms with van der Waals surface area (Å²) in [4.78, 5) is 25.3. The Morgan fingerprint density at radius 1 is 1.20 bits per heavy atom. The molecule has 0 fully saturated rings. The van der Waals surface area contributed by atoms with E-state index < -0.39 is 11.8 Å². The highest BCUT2D eigenvalue weighted by Gasteiger charge is 2.18. The summed E-state index contributed by atoms with van der Waals surface area (Å²) in [7, 11) is 3.90. The van der Waals surface area contributed by atoms with Crippen molar-refractivity contribution in [1.29, 1.82) is 0 Å². The zero-order valence-electron chi connectivity index (χ0n) is 12.5. The molecule has 1 rings (SSSR count). The van der Waals surface area contributed by atoms with Gasteiger partial charge in [-0.25, -0.2) is 0 Å². The zero-order valence-corrected chi connectivity index (χ0v) is 13.3. The van der Waals surface area contributed by atoms with E-state index in [1.54, 1.807) is 11.3 Å². The SMILES string of the molecule is CC(C)CNC(=O)C(=O)NCC(c1ccsc1)N(C)C. The third-order valence-corrected chi connectivity index (χ3v) is 3.59. The molecular weight excluding hydrogens is 274 g/mol. The second-order valence-electron chi connectivity index (χ2n) is 5.35. The van der Waals surface area contributed by atoms with Crippen molar-refractivity contribution in [1.82, 2.24) is 15.5 Å². The van der Waals surface area contributed by atoms with Crippen molar-refractivity contribution in [3.8, 4) is 0 Å². The van der Waals surface area contributed by atoms with Crippen LogP contribution in [0.1, 0.15) is 25.5 Å². The number of rotatable bonds is 6. The van der Waals surface area contributed by atoms with Crippen molar-refractivity contribution in [2.24, 2.45) is 5.92 Å². The molecule has 0 saturated heterocycles. The number of likely N-dealkylation sites (N-methyl/N-ethyl adjacent to an activating group) is 1. The van der Waals surface area contributed by atoms with E-state index in [2.05, 4.69) is 16.0 Å². The Kier molecular flexibility index (Phi) is 6.67. The average Bonchev–Trinajstić information content (AvgIpc) is 2.89. The Hall–Kier alpha value is -1.40. The smallest absolute Gasteiger partial charge is 0.309 e. The van der Waals surface area contributed by atoms with Crippen molar-refractivity contribution in [3.05, 3.63) is 22.4 Å². The second-order valence-corrected chi connectivity index (χ2v) is 6.13. The molecule has 1 aromatic rings. The molecule has 1 unspecified atom stereocenters. The quantitative estimate of drug-likeness (QED) is 0.777. The fraction of sp³-hybridized carbons (Fsp3) is 0.571. The fourth-order valence-corrected chi connectivity index (χ4v) is 2.42. The molecule has 1 aromatic heterocycles. The number of carbonyl (C=O) groups excluding carboxylic acids is 2. The summed E-state index contributed by atoms with van der Waals surface area (Å²) >= 11 is 1.62. The van der Waals surface area contributed by atoms with Gasteiger partial charge in [-0.05, 0) is 42.4 Å². The highest BCUT2D eigenvalue weighted by Crippen LogP contribution is 2.19. The van der Waals surface area contributed by atoms with Gasteiger partial charge in [-0.3, -0.25) is 9.59 Å². The van der Waals surface area contributed by atoms with Crippen molar-refractivity contribution < 1.29 is 9.59 Å². The first kappa shape index (κ1) is 16.7. The Bertz CT molecular complexity index is 430. The van der Waals surface area contributed by atoms with Gasteiger partial charge in [0, 0.05) is 13.1 Å². The van der Waals surface area contributed by atoms with Crippen LogP contribution in [0, 0.1) is 5.92 Å². The van der Waals surface area contributed by atoms with Gasteiger partial charge in [-0.15, -0.1) is 0 Å². The molecule has 0 aliphatic carbocycles. The van der Waals surface area contributed by atoms with Gasteiger partial charge in [-0.1, -0.05) is 13.8 Å². The molecule has 112 valence electrons. The molecule has 0 spiro atoms. The molecule has 6 heteroatoms. The standard InChI is InChI=1S/C14H23N3O2S/c1-10(2)7-15-13(18)14(19)16-8-12(17(3)4)11-5-6-20-9-11/h5-6,9-10,12H,7-8H2,1-4H3,(H,15,18)(H,16,19). The van der Waals surface area contributed by atoms with E-state index in [1.165, 1.54) is 0 Å². The second kappa shape index (κ2) is 8.01. The molecule has 5 nitrogen and oxygen atoms in total. The third-order valence-electron chi connectivity index (χ3n) is 2.88. The van der Waals surface area contributed by atoms with Gasteiger partial charge in [-0.2, -0.15) is 11.3 Å². The first-order chi connectivity index (χ1) is 9.41. The lowest BCUT2D eigenvalue weighted by Gasteiger charge is -2.23. The Labute approximate surface area is 124 Å². The van der Waals surface area contributed by atoms with Crippen LogP contribution in [0.25, 0.3) is 0 Å².